The smallest absolute Gasteiger partial charge is 0.309 e. The van der Waals surface area contributed by atoms with Crippen LogP contribution in [0.2, 0.25) is 0 Å². The monoisotopic (exact) mass is 411 g/mol. The molecule has 2 heterocycles. The van der Waals surface area contributed by atoms with Crippen LogP contribution in [0.1, 0.15) is 39.3 Å². The third-order valence-electron chi connectivity index (χ3n) is 4.80. The van der Waals surface area contributed by atoms with Crippen molar-refractivity contribution in [1.82, 2.24) is 9.78 Å². The number of fused-ring (bicyclic) bond motifs is 1. The Morgan fingerprint density at radius 2 is 1.89 bits per heavy atom. The van der Waals surface area contributed by atoms with Gasteiger partial charge in [0.15, 0.2) is 5.82 Å². The van der Waals surface area contributed by atoms with Crippen molar-refractivity contribution in [3.05, 3.63) is 30.0 Å². The lowest BCUT2D eigenvalue weighted by Crippen LogP contribution is -2.31. The lowest BCUT2D eigenvalue weighted by Gasteiger charge is -2.26. The molecule has 0 saturated heterocycles. The summed E-state index contributed by atoms with van der Waals surface area (Å²) in [5.41, 5.74) is 1.66. The van der Waals surface area contributed by atoms with Gasteiger partial charge in [-0.05, 0) is 22.7 Å². The van der Waals surface area contributed by atoms with E-state index >= 15 is 0 Å². The molecule has 0 radical (unpaired) electrons. The summed E-state index contributed by atoms with van der Waals surface area (Å²) in [4.78, 5) is 12.5. The van der Waals surface area contributed by atoms with Gasteiger partial charge in [-0.25, -0.2) is 0 Å². The second-order valence-electron chi connectivity index (χ2n) is 8.53. The van der Waals surface area contributed by atoms with E-state index in [1.807, 2.05) is 45.0 Å². The summed E-state index contributed by atoms with van der Waals surface area (Å²) in [6.45, 7) is 6.05. The number of nitrogens with zero attached hydrogens (tertiary/aromatic N) is 2. The van der Waals surface area contributed by atoms with E-state index in [0.29, 0.717) is 23.5 Å². The second-order valence-corrected chi connectivity index (χ2v) is 9.20. The van der Waals surface area contributed by atoms with Crippen molar-refractivity contribution in [2.75, 3.05) is 5.32 Å². The molecule has 3 rings (SSSR count). The van der Waals surface area contributed by atoms with Crippen LogP contribution in [-0.2, 0) is 17.8 Å². The van der Waals surface area contributed by atoms with Gasteiger partial charge in [0.2, 0.25) is 5.91 Å². The number of hydrogen-bond donors (Lipinski definition) is 1. The number of rotatable bonds is 3. The number of nitrogens with one attached hydrogen (secondary N) is 1. The van der Waals surface area contributed by atoms with Gasteiger partial charge in [-0.15, -0.1) is 9.24 Å². The quantitative estimate of drug-likeness (QED) is 0.754. The number of anilines is 1. The molecule has 152 valence electrons. The molecule has 1 aliphatic heterocycles. The van der Waals surface area contributed by atoms with Gasteiger partial charge >= 0.3 is 6.18 Å². The maximum atomic E-state index is 13.3. The number of carbonyl (C=O) groups is 1. The minimum absolute atomic E-state index is 0.00245. The molecule has 2 atom stereocenters. The minimum atomic E-state index is -4.24. The first-order valence-corrected chi connectivity index (χ1v) is 9.84. The normalized spacial score (nSPS) is 17.3. The van der Waals surface area contributed by atoms with Crippen LogP contribution in [0.3, 0.4) is 0 Å². The molecule has 4 nitrogen and oxygen atoms in total. The summed E-state index contributed by atoms with van der Waals surface area (Å²) in [5, 5.41) is 8.25. The average molecular weight is 411 g/mol. The maximum Gasteiger partial charge on any atom is 0.392 e. The van der Waals surface area contributed by atoms with Crippen LogP contribution in [0.4, 0.5) is 19.0 Å². The van der Waals surface area contributed by atoms with Crippen LogP contribution >= 0.6 is 9.24 Å². The summed E-state index contributed by atoms with van der Waals surface area (Å²) in [5.74, 6) is -1.25. The molecule has 0 bridgehead atoms. The zero-order valence-corrected chi connectivity index (χ0v) is 17.4. The largest absolute Gasteiger partial charge is 0.392 e. The molecule has 1 N–H and O–H groups in total. The molecule has 1 aromatic carbocycles. The molecule has 0 spiro atoms. The van der Waals surface area contributed by atoms with Gasteiger partial charge in [0.05, 0.1) is 5.92 Å². The number of amides is 1. The molecule has 1 aliphatic rings. The van der Waals surface area contributed by atoms with Crippen molar-refractivity contribution in [3.63, 3.8) is 0 Å². The number of aromatic nitrogens is 2. The van der Waals surface area contributed by atoms with E-state index in [2.05, 4.69) is 19.7 Å². The number of aryl methyl sites for hydroxylation is 1. The van der Waals surface area contributed by atoms with Gasteiger partial charge < -0.3 is 5.32 Å². The molecular formula is C20H25F3N3OP. The van der Waals surface area contributed by atoms with E-state index in [9.17, 15) is 18.0 Å². The summed E-state index contributed by atoms with van der Waals surface area (Å²) in [6.07, 6.45) is -4.09. The fraction of sp³-hybridized carbons (Fsp3) is 0.500. The maximum absolute atomic E-state index is 13.3. The van der Waals surface area contributed by atoms with E-state index in [1.54, 1.807) is 4.68 Å². The highest BCUT2D eigenvalue weighted by Crippen LogP contribution is 2.40. The fourth-order valence-electron chi connectivity index (χ4n) is 3.48. The first-order chi connectivity index (χ1) is 12.9. The van der Waals surface area contributed by atoms with Crippen LogP contribution in [0, 0.1) is 11.3 Å². The first-order valence-electron chi connectivity index (χ1n) is 9.26. The van der Waals surface area contributed by atoms with Gasteiger partial charge in [0.1, 0.15) is 0 Å². The Labute approximate surface area is 165 Å². The predicted octanol–water partition coefficient (Wildman–Crippen LogP) is 4.55. The standard InChI is InChI=1S/C20H25F3N3OP/c1-19(2,3)11-16(27)24-18-17(12-4-6-14(28)7-5-12)15-10-13(20(21,22)23)8-9-26(15)25-18/h4-7,13H,8-11,28H2,1-3H3,(H,24,25,27). The molecule has 1 aromatic heterocycles. The highest BCUT2D eigenvalue weighted by atomic mass is 31.0. The van der Waals surface area contributed by atoms with Gasteiger partial charge in [-0.3, -0.25) is 9.48 Å². The number of benzene rings is 1. The molecule has 0 aliphatic carbocycles. The van der Waals surface area contributed by atoms with Crippen LogP contribution in [0.15, 0.2) is 24.3 Å². The molecule has 0 fully saturated rings. The third-order valence-corrected chi connectivity index (χ3v) is 5.18. The van der Waals surface area contributed by atoms with Crippen molar-refractivity contribution >= 4 is 26.3 Å². The van der Waals surface area contributed by atoms with Crippen LogP contribution in [0.5, 0.6) is 0 Å². The van der Waals surface area contributed by atoms with Crippen LogP contribution < -0.4 is 10.6 Å². The van der Waals surface area contributed by atoms with Gasteiger partial charge in [-0.2, -0.15) is 18.3 Å². The molecule has 2 unspecified atom stereocenters. The number of hydrogen-bond acceptors (Lipinski definition) is 2. The Bertz CT molecular complexity index is 867. The highest BCUT2D eigenvalue weighted by molar-refractivity contribution is 7.27. The summed E-state index contributed by atoms with van der Waals surface area (Å²) in [7, 11) is 2.58. The van der Waals surface area contributed by atoms with E-state index in [1.165, 1.54) is 0 Å². The van der Waals surface area contributed by atoms with Crippen molar-refractivity contribution in [1.29, 1.82) is 0 Å². The topological polar surface area (TPSA) is 46.9 Å². The van der Waals surface area contributed by atoms with Crippen molar-refractivity contribution < 1.29 is 18.0 Å². The fourth-order valence-corrected chi connectivity index (χ4v) is 3.67. The Balaban J connectivity index is 2.02. The lowest BCUT2D eigenvalue weighted by atomic mass is 9.91. The lowest BCUT2D eigenvalue weighted by molar-refractivity contribution is -0.179. The second kappa shape index (κ2) is 7.51. The first kappa shape index (κ1) is 20.8. The van der Waals surface area contributed by atoms with Crippen molar-refractivity contribution in [3.8, 4) is 11.1 Å². The highest BCUT2D eigenvalue weighted by Gasteiger charge is 2.42. The molecular weight excluding hydrogens is 386 g/mol. The SMILES string of the molecule is CC(C)(C)CC(=O)Nc1nn2c(c1-c1ccc(P)cc1)CC(C(F)(F)F)CC2. The molecule has 0 saturated carbocycles. The van der Waals surface area contributed by atoms with Gasteiger partial charge in [-0.1, -0.05) is 45.0 Å². The molecule has 2 aromatic rings. The molecule has 8 heteroatoms. The summed E-state index contributed by atoms with van der Waals surface area (Å²) in [6, 6.07) is 7.43. The van der Waals surface area contributed by atoms with Crippen LogP contribution in [-0.4, -0.2) is 21.9 Å². The average Bonchev–Trinajstić information content (AvgIpc) is 2.89. The zero-order chi connectivity index (χ0) is 20.7. The summed E-state index contributed by atoms with van der Waals surface area (Å²) >= 11 is 0. The Hall–Kier alpha value is -1.88. The Kier molecular flexibility index (Phi) is 5.59. The predicted molar refractivity (Wildman–Crippen MR) is 108 cm³/mol. The van der Waals surface area contributed by atoms with Crippen molar-refractivity contribution in [2.45, 2.75) is 52.8 Å². The van der Waals surface area contributed by atoms with Gasteiger partial charge in [0, 0.05) is 30.6 Å². The van der Waals surface area contributed by atoms with E-state index in [-0.39, 0.29) is 30.7 Å². The summed E-state index contributed by atoms with van der Waals surface area (Å²) < 4.78 is 41.6. The number of halogens is 3. The van der Waals surface area contributed by atoms with Gasteiger partial charge in [0.25, 0.3) is 0 Å². The zero-order valence-electron chi connectivity index (χ0n) is 16.2. The van der Waals surface area contributed by atoms with E-state index < -0.39 is 12.1 Å². The van der Waals surface area contributed by atoms with Crippen LogP contribution in [0.25, 0.3) is 11.1 Å². The Morgan fingerprint density at radius 3 is 2.46 bits per heavy atom. The number of carbonyl (C=O) groups excluding carboxylic acids is 1. The van der Waals surface area contributed by atoms with E-state index in [0.717, 1.165) is 10.9 Å². The Morgan fingerprint density at radius 1 is 1.25 bits per heavy atom. The minimum Gasteiger partial charge on any atom is -0.309 e. The third kappa shape index (κ3) is 4.75. The number of alkyl halides is 3. The van der Waals surface area contributed by atoms with Crippen molar-refractivity contribution in [2.24, 2.45) is 11.3 Å². The molecule has 28 heavy (non-hydrogen) atoms. The molecule has 1 amide bonds. The van der Waals surface area contributed by atoms with E-state index in [4.69, 9.17) is 0 Å².